The first-order valence-corrected chi connectivity index (χ1v) is 9.71. The number of aromatic nitrogens is 2. The average molecular weight is 388 g/mol. The van der Waals surface area contributed by atoms with Crippen molar-refractivity contribution in [3.8, 4) is 5.75 Å². The molecule has 9 heteroatoms. The van der Waals surface area contributed by atoms with Gasteiger partial charge in [0.1, 0.15) is 10.6 Å². The molecule has 1 amide bonds. The molecule has 8 nitrogen and oxygen atoms in total. The standard InChI is InChI=1S/C18H20N4O4S/c1-4-26-16-8-6-13(10-17(16)27(24,25)22(2)3)21-18(23)12-5-7-14-15(9-12)20-11-19-14/h5-11H,4H2,1-3H3,(H,19,20)(H,21,23). The predicted octanol–water partition coefficient (Wildman–Crippen LogP) is 2.46. The van der Waals surface area contributed by atoms with Crippen molar-refractivity contribution in [1.82, 2.24) is 14.3 Å². The van der Waals surface area contributed by atoms with Crippen LogP contribution in [0.25, 0.3) is 11.0 Å². The van der Waals surface area contributed by atoms with Gasteiger partial charge in [-0.3, -0.25) is 4.79 Å². The molecule has 3 rings (SSSR count). The fourth-order valence-electron chi connectivity index (χ4n) is 2.54. The van der Waals surface area contributed by atoms with Gasteiger partial charge >= 0.3 is 0 Å². The number of ether oxygens (including phenoxy) is 1. The van der Waals surface area contributed by atoms with E-state index < -0.39 is 10.0 Å². The maximum absolute atomic E-state index is 12.6. The van der Waals surface area contributed by atoms with E-state index in [0.717, 1.165) is 15.3 Å². The number of anilines is 1. The number of carbonyl (C=O) groups is 1. The number of nitrogens with one attached hydrogen (secondary N) is 2. The number of hydrogen-bond acceptors (Lipinski definition) is 5. The molecule has 0 bridgehead atoms. The van der Waals surface area contributed by atoms with Crippen LogP contribution in [0, 0.1) is 0 Å². The molecule has 0 unspecified atom stereocenters. The lowest BCUT2D eigenvalue weighted by atomic mass is 10.2. The monoisotopic (exact) mass is 388 g/mol. The maximum atomic E-state index is 12.6. The minimum Gasteiger partial charge on any atom is -0.492 e. The number of hydrogen-bond donors (Lipinski definition) is 2. The highest BCUT2D eigenvalue weighted by Crippen LogP contribution is 2.29. The number of H-pyrrole nitrogens is 1. The molecular weight excluding hydrogens is 368 g/mol. The number of sulfonamides is 1. The third kappa shape index (κ3) is 3.79. The van der Waals surface area contributed by atoms with Gasteiger partial charge in [0.25, 0.3) is 5.91 Å². The highest BCUT2D eigenvalue weighted by molar-refractivity contribution is 7.89. The van der Waals surface area contributed by atoms with Gasteiger partial charge in [-0.2, -0.15) is 0 Å². The van der Waals surface area contributed by atoms with Gasteiger partial charge in [-0.05, 0) is 43.3 Å². The summed E-state index contributed by atoms with van der Waals surface area (Å²) in [4.78, 5) is 19.6. The van der Waals surface area contributed by atoms with Crippen LogP contribution < -0.4 is 10.1 Å². The van der Waals surface area contributed by atoms with E-state index in [2.05, 4.69) is 15.3 Å². The zero-order chi connectivity index (χ0) is 19.6. The highest BCUT2D eigenvalue weighted by atomic mass is 32.2. The lowest BCUT2D eigenvalue weighted by molar-refractivity contribution is 0.102. The average Bonchev–Trinajstić information content (AvgIpc) is 3.10. The number of benzene rings is 2. The number of fused-ring (bicyclic) bond motifs is 1. The number of carbonyl (C=O) groups excluding carboxylic acids is 1. The van der Waals surface area contributed by atoms with Crippen molar-refractivity contribution >= 4 is 32.7 Å². The van der Waals surface area contributed by atoms with Crippen LogP contribution >= 0.6 is 0 Å². The Kier molecular flexibility index (Phi) is 5.15. The van der Waals surface area contributed by atoms with Crippen molar-refractivity contribution < 1.29 is 17.9 Å². The van der Waals surface area contributed by atoms with Crippen LogP contribution in [0.5, 0.6) is 5.75 Å². The first kappa shape index (κ1) is 18.9. The summed E-state index contributed by atoms with van der Waals surface area (Å²) in [5.41, 5.74) is 2.28. The normalized spacial score (nSPS) is 11.7. The van der Waals surface area contributed by atoms with E-state index >= 15 is 0 Å². The van der Waals surface area contributed by atoms with E-state index in [9.17, 15) is 13.2 Å². The Labute approximate surface area is 157 Å². The van der Waals surface area contributed by atoms with Crippen LogP contribution in [-0.2, 0) is 10.0 Å². The molecule has 0 atom stereocenters. The molecule has 0 radical (unpaired) electrons. The summed E-state index contributed by atoms with van der Waals surface area (Å²) in [5, 5.41) is 2.72. The van der Waals surface area contributed by atoms with Crippen molar-refractivity contribution in [1.29, 1.82) is 0 Å². The molecule has 0 aliphatic rings. The second-order valence-electron chi connectivity index (χ2n) is 5.97. The lowest BCUT2D eigenvalue weighted by Gasteiger charge is -2.16. The van der Waals surface area contributed by atoms with Crippen molar-refractivity contribution in [2.24, 2.45) is 0 Å². The Morgan fingerprint density at radius 2 is 2.00 bits per heavy atom. The van der Waals surface area contributed by atoms with Crippen LogP contribution in [0.1, 0.15) is 17.3 Å². The molecule has 2 N–H and O–H groups in total. The van der Waals surface area contributed by atoms with E-state index in [1.165, 1.54) is 26.2 Å². The Hall–Kier alpha value is -2.91. The fraction of sp³-hybridized carbons (Fsp3) is 0.222. The Morgan fingerprint density at radius 1 is 1.22 bits per heavy atom. The fourth-order valence-corrected chi connectivity index (χ4v) is 3.59. The second-order valence-corrected chi connectivity index (χ2v) is 8.09. The number of aromatic amines is 1. The van der Waals surface area contributed by atoms with E-state index in [1.807, 2.05) is 0 Å². The van der Waals surface area contributed by atoms with Gasteiger partial charge in [0, 0.05) is 25.3 Å². The van der Waals surface area contributed by atoms with Crippen molar-refractivity contribution in [2.75, 3.05) is 26.0 Å². The van der Waals surface area contributed by atoms with Gasteiger partial charge in [-0.1, -0.05) is 0 Å². The summed E-state index contributed by atoms with van der Waals surface area (Å²) < 4.78 is 31.7. The number of rotatable bonds is 6. The van der Waals surface area contributed by atoms with Crippen molar-refractivity contribution in [2.45, 2.75) is 11.8 Å². The topological polar surface area (TPSA) is 104 Å². The molecule has 27 heavy (non-hydrogen) atoms. The molecule has 0 fully saturated rings. The molecule has 0 saturated carbocycles. The van der Waals surface area contributed by atoms with Gasteiger partial charge in [-0.15, -0.1) is 0 Å². The smallest absolute Gasteiger partial charge is 0.255 e. The van der Waals surface area contributed by atoms with Crippen LogP contribution in [-0.4, -0.2) is 49.3 Å². The molecule has 0 saturated heterocycles. The number of nitrogens with zero attached hydrogens (tertiary/aromatic N) is 2. The molecule has 2 aromatic carbocycles. The summed E-state index contributed by atoms with van der Waals surface area (Å²) >= 11 is 0. The second kappa shape index (κ2) is 7.37. The van der Waals surface area contributed by atoms with E-state index in [-0.39, 0.29) is 16.6 Å². The molecule has 1 aromatic heterocycles. The maximum Gasteiger partial charge on any atom is 0.255 e. The Balaban J connectivity index is 1.93. The lowest BCUT2D eigenvalue weighted by Crippen LogP contribution is -2.23. The van der Waals surface area contributed by atoms with Gasteiger partial charge in [0.05, 0.1) is 24.0 Å². The first-order valence-electron chi connectivity index (χ1n) is 8.27. The molecule has 1 heterocycles. The highest BCUT2D eigenvalue weighted by Gasteiger charge is 2.23. The SMILES string of the molecule is CCOc1ccc(NC(=O)c2ccc3nc[nH]c3c2)cc1S(=O)(=O)N(C)C. The van der Waals surface area contributed by atoms with E-state index in [4.69, 9.17) is 4.74 Å². The minimum absolute atomic E-state index is 0.00355. The molecule has 0 spiro atoms. The van der Waals surface area contributed by atoms with Gasteiger partial charge in [0.2, 0.25) is 10.0 Å². The summed E-state index contributed by atoms with van der Waals surface area (Å²) in [6, 6.07) is 9.61. The summed E-state index contributed by atoms with van der Waals surface area (Å²) in [6.07, 6.45) is 1.55. The quantitative estimate of drug-likeness (QED) is 0.675. The van der Waals surface area contributed by atoms with Gasteiger partial charge < -0.3 is 15.0 Å². The third-order valence-electron chi connectivity index (χ3n) is 3.94. The largest absolute Gasteiger partial charge is 0.492 e. The molecule has 3 aromatic rings. The zero-order valence-corrected chi connectivity index (χ0v) is 16.0. The summed E-state index contributed by atoms with van der Waals surface area (Å²) in [5.74, 6) is -0.119. The summed E-state index contributed by atoms with van der Waals surface area (Å²) in [7, 11) is -0.849. The number of amides is 1. The van der Waals surface area contributed by atoms with Gasteiger partial charge in [-0.25, -0.2) is 17.7 Å². The molecular formula is C18H20N4O4S. The molecule has 0 aliphatic heterocycles. The number of imidazole rings is 1. The van der Waals surface area contributed by atoms with Gasteiger partial charge in [0.15, 0.2) is 0 Å². The molecule has 0 aliphatic carbocycles. The van der Waals surface area contributed by atoms with Crippen LogP contribution in [0.15, 0.2) is 47.6 Å². The van der Waals surface area contributed by atoms with Crippen LogP contribution in [0.4, 0.5) is 5.69 Å². The zero-order valence-electron chi connectivity index (χ0n) is 15.2. The molecule has 142 valence electrons. The summed E-state index contributed by atoms with van der Waals surface area (Å²) in [6.45, 7) is 2.10. The van der Waals surface area contributed by atoms with E-state index in [0.29, 0.717) is 17.9 Å². The Bertz CT molecular complexity index is 1090. The van der Waals surface area contributed by atoms with Crippen molar-refractivity contribution in [3.63, 3.8) is 0 Å². The first-order chi connectivity index (χ1) is 12.8. The van der Waals surface area contributed by atoms with E-state index in [1.54, 1.807) is 37.5 Å². The predicted molar refractivity (Wildman–Crippen MR) is 103 cm³/mol. The Morgan fingerprint density at radius 3 is 2.70 bits per heavy atom. The minimum atomic E-state index is -3.73. The van der Waals surface area contributed by atoms with Crippen molar-refractivity contribution in [3.05, 3.63) is 48.3 Å². The van der Waals surface area contributed by atoms with Crippen LogP contribution in [0.2, 0.25) is 0 Å². The van der Waals surface area contributed by atoms with Crippen LogP contribution in [0.3, 0.4) is 0 Å². The third-order valence-corrected chi connectivity index (χ3v) is 5.78.